The van der Waals surface area contributed by atoms with Gasteiger partial charge in [0.05, 0.1) is 13.2 Å². The minimum absolute atomic E-state index is 0.144. The zero-order valence-corrected chi connectivity index (χ0v) is 39.6. The Labute approximate surface area is 370 Å². The van der Waals surface area contributed by atoms with E-state index in [2.05, 4.69) is 61.8 Å². The second-order valence-corrected chi connectivity index (χ2v) is 17.6. The molecule has 0 aliphatic heterocycles. The lowest BCUT2D eigenvalue weighted by molar-refractivity contribution is -0.124. The number of unbranched alkanes of at least 4 members (excludes halogenated alkanes) is 18. The topological polar surface area (TPSA) is 59.1 Å². The van der Waals surface area contributed by atoms with E-state index < -0.39 is 0 Å². The number of carbonyl (C=O) groups is 2. The van der Waals surface area contributed by atoms with E-state index in [-0.39, 0.29) is 24.8 Å². The van der Waals surface area contributed by atoms with E-state index in [0.29, 0.717) is 26.1 Å². The van der Waals surface area contributed by atoms with Crippen LogP contribution in [-0.4, -0.2) is 73.8 Å². The minimum Gasteiger partial charge on any atom is -0.369 e. The second-order valence-electron chi connectivity index (χ2n) is 17.6. The fourth-order valence-electron chi connectivity index (χ4n) is 8.29. The first-order chi connectivity index (χ1) is 29.5. The third-order valence-corrected chi connectivity index (χ3v) is 12.0. The highest BCUT2D eigenvalue weighted by molar-refractivity contribution is 5.80. The highest BCUT2D eigenvalue weighted by Gasteiger charge is 2.13. The molecule has 0 amide bonds. The van der Waals surface area contributed by atoms with Gasteiger partial charge in [0.15, 0.2) is 11.6 Å². The normalized spacial score (nSPS) is 11.6. The zero-order chi connectivity index (χ0) is 43.1. The van der Waals surface area contributed by atoms with Crippen LogP contribution in [0.1, 0.15) is 206 Å². The molecule has 2 rings (SSSR count). The molecule has 60 heavy (non-hydrogen) atoms. The van der Waals surface area contributed by atoms with Crippen molar-refractivity contribution in [1.29, 1.82) is 0 Å². The lowest BCUT2D eigenvalue weighted by Gasteiger charge is -2.22. The quantitative estimate of drug-likeness (QED) is 0.0621. The number of nitrogens with zero attached hydrogens (tertiary/aromatic N) is 2. The summed E-state index contributed by atoms with van der Waals surface area (Å²) in [7, 11) is 0. The molecule has 0 unspecified atom stereocenters. The van der Waals surface area contributed by atoms with Crippen molar-refractivity contribution in [3.63, 3.8) is 0 Å². The molecule has 2 aromatic carbocycles. The molecule has 0 atom stereocenters. The van der Waals surface area contributed by atoms with Gasteiger partial charge in [-0.05, 0) is 100 Å². The van der Waals surface area contributed by atoms with E-state index in [1.54, 1.807) is 0 Å². The molecular formula is C54H92N2O4. The summed E-state index contributed by atoms with van der Waals surface area (Å²) in [6.07, 6.45) is 31.8. The van der Waals surface area contributed by atoms with Gasteiger partial charge in [0.25, 0.3) is 0 Å². The maximum absolute atomic E-state index is 13.0. The molecule has 342 valence electrons. The SMILES string of the molecule is CCCCCCCCN(CCCCCCC)CCCC(=O)COCc1ccccc1-c1ccccc1COCC(=O)CCCN(CCCCCCC)CCCCCCCC. The van der Waals surface area contributed by atoms with E-state index in [1.165, 1.54) is 141 Å². The molecule has 6 heteroatoms. The van der Waals surface area contributed by atoms with Crippen molar-refractivity contribution >= 4 is 11.6 Å². The summed E-state index contributed by atoms with van der Waals surface area (Å²) < 4.78 is 12.1. The van der Waals surface area contributed by atoms with Crippen molar-refractivity contribution < 1.29 is 19.1 Å². The Balaban J connectivity index is 1.81. The number of ether oxygens (including phenoxy) is 2. The van der Waals surface area contributed by atoms with E-state index in [0.717, 1.165) is 74.4 Å². The lowest BCUT2D eigenvalue weighted by Crippen LogP contribution is -2.28. The average Bonchev–Trinajstić information content (AvgIpc) is 3.25. The second kappa shape index (κ2) is 38.3. The van der Waals surface area contributed by atoms with Crippen LogP contribution in [0, 0.1) is 0 Å². The summed E-state index contributed by atoms with van der Waals surface area (Å²) >= 11 is 0. The summed E-state index contributed by atoms with van der Waals surface area (Å²) in [5.74, 6) is 0.364. The number of hydrogen-bond donors (Lipinski definition) is 0. The van der Waals surface area contributed by atoms with Crippen LogP contribution < -0.4 is 0 Å². The highest BCUT2D eigenvalue weighted by Crippen LogP contribution is 2.28. The van der Waals surface area contributed by atoms with Crippen LogP contribution in [0.25, 0.3) is 11.1 Å². The lowest BCUT2D eigenvalue weighted by atomic mass is 9.96. The Morgan fingerprint density at radius 1 is 0.383 bits per heavy atom. The predicted octanol–water partition coefficient (Wildman–Crippen LogP) is 14.4. The summed E-state index contributed by atoms with van der Waals surface area (Å²) in [4.78, 5) is 31.1. The number of hydrogen-bond acceptors (Lipinski definition) is 6. The molecule has 0 saturated heterocycles. The van der Waals surface area contributed by atoms with E-state index in [1.807, 2.05) is 24.3 Å². The Morgan fingerprint density at radius 2 is 0.667 bits per heavy atom. The zero-order valence-electron chi connectivity index (χ0n) is 39.6. The summed E-state index contributed by atoms with van der Waals surface area (Å²) in [6, 6.07) is 16.6. The third-order valence-electron chi connectivity index (χ3n) is 12.0. The largest absolute Gasteiger partial charge is 0.369 e. The average molecular weight is 833 g/mol. The van der Waals surface area contributed by atoms with Gasteiger partial charge in [0.2, 0.25) is 0 Å². The Morgan fingerprint density at radius 3 is 1.00 bits per heavy atom. The number of ketones is 2. The van der Waals surface area contributed by atoms with Crippen molar-refractivity contribution in [2.24, 2.45) is 0 Å². The van der Waals surface area contributed by atoms with Gasteiger partial charge in [-0.3, -0.25) is 9.59 Å². The maximum atomic E-state index is 13.0. The van der Waals surface area contributed by atoms with E-state index >= 15 is 0 Å². The van der Waals surface area contributed by atoms with Crippen molar-refractivity contribution in [2.75, 3.05) is 52.5 Å². The molecule has 0 aromatic heterocycles. The van der Waals surface area contributed by atoms with Crippen LogP contribution in [-0.2, 0) is 32.3 Å². The fourth-order valence-corrected chi connectivity index (χ4v) is 8.29. The molecule has 0 fully saturated rings. The first-order valence-corrected chi connectivity index (χ1v) is 25.3. The van der Waals surface area contributed by atoms with Gasteiger partial charge < -0.3 is 19.3 Å². The van der Waals surface area contributed by atoms with Crippen molar-refractivity contribution in [2.45, 2.75) is 208 Å². The minimum atomic E-state index is 0.144. The molecule has 0 bridgehead atoms. The number of rotatable bonds is 43. The first kappa shape index (κ1) is 53.8. The van der Waals surface area contributed by atoms with Crippen LogP contribution >= 0.6 is 0 Å². The molecule has 0 aliphatic rings. The third kappa shape index (κ3) is 27.5. The van der Waals surface area contributed by atoms with Gasteiger partial charge in [-0.25, -0.2) is 0 Å². The Kier molecular flexibility index (Phi) is 34.3. The molecule has 2 aromatic rings. The molecule has 0 radical (unpaired) electrons. The van der Waals surface area contributed by atoms with E-state index in [9.17, 15) is 9.59 Å². The maximum Gasteiger partial charge on any atom is 0.158 e. The van der Waals surface area contributed by atoms with Gasteiger partial charge in [0, 0.05) is 12.8 Å². The summed E-state index contributed by atoms with van der Waals surface area (Å²) in [5.41, 5.74) is 4.27. The van der Waals surface area contributed by atoms with Crippen LogP contribution in [0.2, 0.25) is 0 Å². The highest BCUT2D eigenvalue weighted by atomic mass is 16.5. The van der Waals surface area contributed by atoms with Crippen molar-refractivity contribution in [3.05, 3.63) is 59.7 Å². The first-order valence-electron chi connectivity index (χ1n) is 25.3. The van der Waals surface area contributed by atoms with Gasteiger partial charge in [-0.15, -0.1) is 0 Å². The number of benzene rings is 2. The Hall–Kier alpha value is -2.38. The van der Waals surface area contributed by atoms with Gasteiger partial charge >= 0.3 is 0 Å². The molecule has 0 spiro atoms. The fraction of sp³-hybridized carbons (Fsp3) is 0.741. The summed E-state index contributed by atoms with van der Waals surface area (Å²) in [5, 5.41) is 0. The number of carbonyl (C=O) groups excluding carboxylic acids is 2. The summed E-state index contributed by atoms with van der Waals surface area (Å²) in [6.45, 7) is 16.8. The molecule has 0 saturated carbocycles. The molecular weight excluding hydrogens is 741 g/mol. The Bertz CT molecular complexity index is 1210. The molecule has 0 aliphatic carbocycles. The van der Waals surface area contributed by atoms with Crippen molar-refractivity contribution in [1.82, 2.24) is 9.80 Å². The van der Waals surface area contributed by atoms with Gasteiger partial charge in [0.1, 0.15) is 13.2 Å². The monoisotopic (exact) mass is 833 g/mol. The molecule has 0 N–H and O–H groups in total. The van der Waals surface area contributed by atoms with Gasteiger partial charge in [-0.1, -0.05) is 192 Å². The van der Waals surface area contributed by atoms with E-state index in [4.69, 9.17) is 9.47 Å². The van der Waals surface area contributed by atoms with Crippen LogP contribution in [0.3, 0.4) is 0 Å². The van der Waals surface area contributed by atoms with Crippen LogP contribution in [0.4, 0.5) is 0 Å². The molecule has 6 nitrogen and oxygen atoms in total. The molecule has 0 heterocycles. The standard InChI is InChI=1S/C54H92N2O4/c1-5-9-13-17-21-29-41-55(39-27-19-15-11-7-3)43-31-35-51(57)47-59-45-49-33-23-25-37-53(49)54-38-26-24-34-50(54)46-60-48-52(58)36-32-44-56(40-28-20-16-12-8-4)42-30-22-18-14-10-6-2/h23-26,33-34,37-38H,5-22,27-32,35-36,39-48H2,1-4H3. The van der Waals surface area contributed by atoms with Crippen molar-refractivity contribution in [3.8, 4) is 11.1 Å². The van der Waals surface area contributed by atoms with Crippen LogP contribution in [0.15, 0.2) is 48.5 Å². The number of Topliss-reactive ketones (excluding diaryl/α,β-unsaturated/α-hetero) is 2. The predicted molar refractivity (Wildman–Crippen MR) is 257 cm³/mol. The van der Waals surface area contributed by atoms with Gasteiger partial charge in [-0.2, -0.15) is 0 Å². The van der Waals surface area contributed by atoms with Crippen LogP contribution in [0.5, 0.6) is 0 Å². The smallest absolute Gasteiger partial charge is 0.158 e.